The lowest BCUT2D eigenvalue weighted by Gasteiger charge is -2.49. The highest BCUT2D eigenvalue weighted by Crippen LogP contribution is 2.51. The molecule has 4 rings (SSSR count). The van der Waals surface area contributed by atoms with Crippen LogP contribution in [0, 0.1) is 0 Å². The fraction of sp³-hybridized carbons (Fsp3) is 0.688. The first-order chi connectivity index (χ1) is 10.7. The van der Waals surface area contributed by atoms with Gasteiger partial charge >= 0.3 is 0 Å². The average molecular weight is 306 g/mol. The van der Waals surface area contributed by atoms with Gasteiger partial charge in [-0.25, -0.2) is 4.98 Å². The summed E-state index contributed by atoms with van der Waals surface area (Å²) >= 11 is 0. The maximum atomic E-state index is 10.6. The molecule has 0 radical (unpaired) electrons. The molecule has 0 bridgehead atoms. The quantitative estimate of drug-likeness (QED) is 0.829. The van der Waals surface area contributed by atoms with Crippen LogP contribution >= 0.6 is 0 Å². The van der Waals surface area contributed by atoms with Crippen molar-refractivity contribution in [2.75, 3.05) is 44.4 Å². The Labute approximate surface area is 129 Å². The molecule has 1 saturated carbocycles. The molecule has 22 heavy (non-hydrogen) atoms. The van der Waals surface area contributed by atoms with Crippen LogP contribution in [0.3, 0.4) is 0 Å². The van der Waals surface area contributed by atoms with E-state index in [1.54, 1.807) is 0 Å². The van der Waals surface area contributed by atoms with Gasteiger partial charge < -0.3 is 24.6 Å². The van der Waals surface area contributed by atoms with Gasteiger partial charge in [0.05, 0.1) is 32.1 Å². The van der Waals surface area contributed by atoms with Crippen LogP contribution < -0.4 is 4.90 Å². The van der Waals surface area contributed by atoms with Crippen LogP contribution in [0.4, 0.5) is 5.82 Å². The summed E-state index contributed by atoms with van der Waals surface area (Å²) in [7, 11) is 0. The third kappa shape index (κ3) is 2.06. The Morgan fingerprint density at radius 1 is 1.23 bits per heavy atom. The predicted molar refractivity (Wildman–Crippen MR) is 79.7 cm³/mol. The van der Waals surface area contributed by atoms with Crippen LogP contribution in [-0.4, -0.2) is 54.7 Å². The van der Waals surface area contributed by atoms with Crippen LogP contribution in [0.5, 0.6) is 0 Å². The molecule has 1 aromatic rings. The Morgan fingerprint density at radius 2 is 2.00 bits per heavy atom. The molecule has 1 aromatic heterocycles. The van der Waals surface area contributed by atoms with Crippen molar-refractivity contribution < 1.29 is 19.7 Å². The Balaban J connectivity index is 1.76. The minimum absolute atomic E-state index is 0.134. The Bertz CT molecular complexity index is 569. The summed E-state index contributed by atoms with van der Waals surface area (Å²) in [5.41, 5.74) is -0.172. The van der Waals surface area contributed by atoms with Gasteiger partial charge in [-0.2, -0.15) is 0 Å². The molecule has 3 heterocycles. The monoisotopic (exact) mass is 306 g/mol. The Hall–Kier alpha value is -1.21. The molecule has 1 unspecified atom stereocenters. The summed E-state index contributed by atoms with van der Waals surface area (Å²) in [4.78, 5) is 7.03. The summed E-state index contributed by atoms with van der Waals surface area (Å²) in [6.45, 7) is 2.85. The molecule has 6 nitrogen and oxygen atoms in total. The van der Waals surface area contributed by atoms with E-state index in [4.69, 9.17) is 14.5 Å². The van der Waals surface area contributed by atoms with Gasteiger partial charge in [-0.15, -0.1) is 0 Å². The highest BCUT2D eigenvalue weighted by Gasteiger charge is 2.51. The number of aromatic nitrogens is 1. The number of fused-ring (bicyclic) bond motifs is 2. The van der Waals surface area contributed by atoms with Crippen molar-refractivity contribution in [3.8, 4) is 0 Å². The molecule has 2 aliphatic heterocycles. The van der Waals surface area contributed by atoms with Crippen molar-refractivity contribution in [1.82, 2.24) is 4.98 Å². The van der Waals surface area contributed by atoms with Crippen molar-refractivity contribution in [2.24, 2.45) is 0 Å². The van der Waals surface area contributed by atoms with Gasteiger partial charge in [0.25, 0.3) is 0 Å². The number of ether oxygens (including phenoxy) is 2. The highest BCUT2D eigenvalue weighted by molar-refractivity contribution is 5.47. The van der Waals surface area contributed by atoms with Crippen LogP contribution in [0.25, 0.3) is 0 Å². The summed E-state index contributed by atoms with van der Waals surface area (Å²) in [5.74, 6) is 0.902. The van der Waals surface area contributed by atoms with Crippen molar-refractivity contribution in [3.63, 3.8) is 0 Å². The van der Waals surface area contributed by atoms with Gasteiger partial charge in [0, 0.05) is 18.7 Å². The second-order valence-corrected chi connectivity index (χ2v) is 6.49. The van der Waals surface area contributed by atoms with Crippen molar-refractivity contribution in [1.29, 1.82) is 0 Å². The molecule has 6 heteroatoms. The normalized spacial score (nSPS) is 30.0. The molecule has 1 spiro atoms. The molecule has 1 atom stereocenters. The van der Waals surface area contributed by atoms with E-state index in [1.165, 1.54) is 0 Å². The van der Waals surface area contributed by atoms with E-state index >= 15 is 0 Å². The first-order valence-corrected chi connectivity index (χ1v) is 7.99. The Kier molecular flexibility index (Phi) is 3.38. The van der Waals surface area contributed by atoms with Gasteiger partial charge in [0.15, 0.2) is 0 Å². The van der Waals surface area contributed by atoms with Crippen molar-refractivity contribution in [2.45, 2.75) is 30.5 Å². The lowest BCUT2D eigenvalue weighted by molar-refractivity contribution is -0.192. The molecule has 2 N–H and O–H groups in total. The predicted octanol–water partition coefficient (Wildman–Crippen LogP) is 0.507. The maximum Gasteiger partial charge on any atom is 0.138 e. The fourth-order valence-electron chi connectivity index (χ4n) is 3.55. The highest BCUT2D eigenvalue weighted by atomic mass is 16.5. The number of aliphatic hydroxyl groups is 2. The first kappa shape index (κ1) is 14.4. The van der Waals surface area contributed by atoms with E-state index < -0.39 is 5.60 Å². The second kappa shape index (κ2) is 5.16. The molecule has 1 aliphatic carbocycles. The molecule has 0 amide bonds. The fourth-order valence-corrected chi connectivity index (χ4v) is 3.55. The number of pyridine rings is 1. The van der Waals surface area contributed by atoms with E-state index in [0.29, 0.717) is 13.2 Å². The molecule has 3 aliphatic rings. The number of rotatable bonds is 2. The summed E-state index contributed by atoms with van der Waals surface area (Å²) in [6, 6.07) is 3.84. The smallest absolute Gasteiger partial charge is 0.138 e. The molecule has 120 valence electrons. The first-order valence-electron chi connectivity index (χ1n) is 7.99. The molecule has 2 fully saturated rings. The minimum Gasteiger partial charge on any atom is -0.393 e. The lowest BCUT2D eigenvalue weighted by Crippen LogP contribution is -2.51. The summed E-state index contributed by atoms with van der Waals surface area (Å²) in [6.07, 6.45) is 2.97. The van der Waals surface area contributed by atoms with Crippen LogP contribution in [0.15, 0.2) is 12.1 Å². The molecule has 1 saturated heterocycles. The van der Waals surface area contributed by atoms with E-state index in [1.807, 2.05) is 12.1 Å². The molecular weight excluding hydrogens is 284 g/mol. The van der Waals surface area contributed by atoms with E-state index in [0.717, 1.165) is 49.4 Å². The average Bonchev–Trinajstić information content (AvgIpc) is 2.54. The number of morpholine rings is 1. The van der Waals surface area contributed by atoms with Gasteiger partial charge in [0.2, 0.25) is 0 Å². The van der Waals surface area contributed by atoms with E-state index in [2.05, 4.69) is 4.90 Å². The van der Waals surface area contributed by atoms with Gasteiger partial charge in [-0.1, -0.05) is 6.07 Å². The third-order valence-corrected chi connectivity index (χ3v) is 5.16. The minimum atomic E-state index is -1.34. The van der Waals surface area contributed by atoms with Gasteiger partial charge in [0.1, 0.15) is 17.0 Å². The SMILES string of the molecule is OCC1(O)COC2(CCC2)c2nc(N3CCOCC3)ccc21. The van der Waals surface area contributed by atoms with Crippen molar-refractivity contribution >= 4 is 5.82 Å². The molecular formula is C16H22N2O4. The summed E-state index contributed by atoms with van der Waals surface area (Å²) < 4.78 is 11.4. The van der Waals surface area contributed by atoms with Crippen molar-refractivity contribution in [3.05, 3.63) is 23.4 Å². The van der Waals surface area contributed by atoms with Gasteiger partial charge in [-0.05, 0) is 25.3 Å². The molecule has 0 aromatic carbocycles. The Morgan fingerprint density at radius 3 is 2.64 bits per heavy atom. The topological polar surface area (TPSA) is 75.0 Å². The standard InChI is InChI=1S/C16H22N2O4/c19-10-15(20)11-22-16(4-1-5-16)14-12(15)2-3-13(17-14)18-6-8-21-9-7-18/h2-3,19-20H,1,4-11H2. The van der Waals surface area contributed by atoms with E-state index in [9.17, 15) is 10.2 Å². The third-order valence-electron chi connectivity index (χ3n) is 5.16. The van der Waals surface area contributed by atoms with Crippen LogP contribution in [-0.2, 0) is 20.7 Å². The zero-order valence-electron chi connectivity index (χ0n) is 12.6. The van der Waals surface area contributed by atoms with Gasteiger partial charge in [-0.3, -0.25) is 0 Å². The van der Waals surface area contributed by atoms with Crippen LogP contribution in [0.1, 0.15) is 30.5 Å². The number of hydrogen-bond acceptors (Lipinski definition) is 6. The second-order valence-electron chi connectivity index (χ2n) is 6.49. The number of anilines is 1. The zero-order chi connectivity index (χ0) is 15.2. The number of hydrogen-bond donors (Lipinski definition) is 2. The zero-order valence-corrected chi connectivity index (χ0v) is 12.6. The van der Waals surface area contributed by atoms with Crippen LogP contribution in [0.2, 0.25) is 0 Å². The number of nitrogens with zero attached hydrogens (tertiary/aromatic N) is 2. The largest absolute Gasteiger partial charge is 0.393 e. The van der Waals surface area contributed by atoms with E-state index in [-0.39, 0.29) is 18.8 Å². The summed E-state index contributed by atoms with van der Waals surface area (Å²) in [5, 5.41) is 20.2. The number of aliphatic hydroxyl groups excluding tert-OH is 1. The lowest BCUT2D eigenvalue weighted by atomic mass is 9.71. The maximum absolute atomic E-state index is 10.6.